The van der Waals surface area contributed by atoms with Gasteiger partial charge in [-0.3, -0.25) is 19.2 Å². The van der Waals surface area contributed by atoms with Crippen molar-refractivity contribution in [2.45, 2.75) is 145 Å². The number of carbonyl (C=O) groups excluding carboxylic acids is 4. The number of alkyl halides is 1. The Balaban J connectivity index is 0.774. The number of pyridine rings is 1. The lowest BCUT2D eigenvalue weighted by Crippen LogP contribution is -2.59. The number of anilines is 2. The molecule has 3 aromatic heterocycles. The van der Waals surface area contributed by atoms with Gasteiger partial charge in [-0.05, 0) is 80.5 Å². The van der Waals surface area contributed by atoms with Gasteiger partial charge < -0.3 is 46.2 Å². The number of amides is 4. The van der Waals surface area contributed by atoms with E-state index in [9.17, 15) is 28.7 Å². The number of ether oxygens (including phenoxy) is 1. The predicted molar refractivity (Wildman–Crippen MR) is 279 cm³/mol. The summed E-state index contributed by atoms with van der Waals surface area (Å²) in [4.78, 5) is 80.1. The third-order valence-corrected chi connectivity index (χ3v) is 17.7. The Morgan fingerprint density at radius 1 is 1.01 bits per heavy atom. The number of aromatic nitrogens is 4. The summed E-state index contributed by atoms with van der Waals surface area (Å²) in [5, 5.41) is 21.0. The van der Waals surface area contributed by atoms with Crippen molar-refractivity contribution >= 4 is 70.0 Å². The highest BCUT2D eigenvalue weighted by Crippen LogP contribution is 2.42. The van der Waals surface area contributed by atoms with E-state index in [1.807, 2.05) is 42.3 Å². The molecule has 0 spiro atoms. The summed E-state index contributed by atoms with van der Waals surface area (Å²) in [5.41, 5.74) is 7.70. The number of hydrogen-bond donors (Lipinski definition) is 5. The number of nitrogens with zero attached hydrogens (tertiary/aromatic N) is 7. The largest absolute Gasteiger partial charge is 0.490 e. The first kappa shape index (κ1) is 52.7. The maximum Gasteiger partial charge on any atom is 0.258 e. The highest BCUT2D eigenvalue weighted by Gasteiger charge is 2.53. The number of β-amino-alcohol motifs (C(OH)–C–C–N with tert-alkyl or cyclic N) is 1. The number of piperidine rings is 2. The van der Waals surface area contributed by atoms with Crippen molar-refractivity contribution in [3.63, 3.8) is 0 Å². The van der Waals surface area contributed by atoms with Gasteiger partial charge in [0, 0.05) is 87.1 Å². The van der Waals surface area contributed by atoms with Crippen molar-refractivity contribution in [3.05, 3.63) is 64.6 Å². The van der Waals surface area contributed by atoms with E-state index in [1.54, 1.807) is 38.7 Å². The van der Waals surface area contributed by atoms with Gasteiger partial charge in [0.1, 0.15) is 40.6 Å². The molecule has 0 bridgehead atoms. The smallest absolute Gasteiger partial charge is 0.258 e. The minimum absolute atomic E-state index is 0.0127. The summed E-state index contributed by atoms with van der Waals surface area (Å²) < 4.78 is 21.4. The summed E-state index contributed by atoms with van der Waals surface area (Å²) in [6, 6.07) is 5.62. The third kappa shape index (κ3) is 12.0. The topological polar surface area (TPSA) is 221 Å². The number of aliphatic hydroxyl groups is 1. The molecule has 4 amide bonds. The zero-order valence-electron chi connectivity index (χ0n) is 42.2. The minimum atomic E-state index is -1.98. The number of aliphatic hydroxyl groups excluding tert-OH is 1. The van der Waals surface area contributed by atoms with Crippen molar-refractivity contribution in [3.8, 4) is 16.2 Å². The van der Waals surface area contributed by atoms with E-state index < -0.39 is 47.0 Å². The second kappa shape index (κ2) is 21.6. The number of benzene rings is 1. The number of rotatable bonds is 16. The van der Waals surface area contributed by atoms with Crippen molar-refractivity contribution in [1.29, 1.82) is 0 Å². The Morgan fingerprint density at radius 2 is 1.75 bits per heavy atom. The molecule has 6 N–H and O–H groups in total. The number of nitrogens with one attached hydrogen (secondary N) is 3. The van der Waals surface area contributed by atoms with Crippen LogP contribution in [-0.4, -0.2) is 134 Å². The summed E-state index contributed by atoms with van der Waals surface area (Å²) in [6.07, 6.45) is 8.98. The third-order valence-electron chi connectivity index (χ3n) is 15.2. The second-order valence-corrected chi connectivity index (χ2v) is 24.2. The van der Waals surface area contributed by atoms with Crippen LogP contribution in [0.3, 0.4) is 0 Å². The van der Waals surface area contributed by atoms with Crippen molar-refractivity contribution in [2.75, 3.05) is 49.5 Å². The lowest BCUT2D eigenvalue weighted by molar-refractivity contribution is -0.145. The quantitative estimate of drug-likeness (QED) is 0.0804. The Morgan fingerprint density at radius 3 is 2.40 bits per heavy atom. The van der Waals surface area contributed by atoms with Gasteiger partial charge in [-0.25, -0.2) is 24.3 Å². The molecule has 21 heteroatoms. The first-order valence-corrected chi connectivity index (χ1v) is 27.5. The van der Waals surface area contributed by atoms with Crippen LogP contribution >= 0.6 is 34.7 Å². The maximum absolute atomic E-state index is 14.7. The molecule has 5 aliphatic rings. The molecule has 3 aliphatic heterocycles. The number of halogens is 2. The Bertz CT molecular complexity index is 2660. The molecule has 0 radical (unpaired) electrons. The summed E-state index contributed by atoms with van der Waals surface area (Å²) in [5.74, 6) is 0.172. The average molecular weight is 1060 g/mol. The molecule has 17 nitrogen and oxygen atoms in total. The van der Waals surface area contributed by atoms with Crippen LogP contribution < -0.4 is 31.3 Å². The molecule has 3 saturated heterocycles. The molecule has 2 saturated carbocycles. The average Bonchev–Trinajstić information content (AvgIpc) is 3.77. The van der Waals surface area contributed by atoms with Crippen LogP contribution in [0.2, 0.25) is 5.02 Å². The number of nitrogens with two attached hydrogens (primary N) is 1. The van der Waals surface area contributed by atoms with Gasteiger partial charge in [-0.1, -0.05) is 63.2 Å². The van der Waals surface area contributed by atoms with Crippen LogP contribution in [0.15, 0.2) is 58.3 Å². The van der Waals surface area contributed by atoms with E-state index in [1.165, 1.54) is 28.0 Å². The van der Waals surface area contributed by atoms with Gasteiger partial charge in [0.05, 0.1) is 39.6 Å². The van der Waals surface area contributed by atoms with E-state index in [4.69, 9.17) is 27.1 Å². The molecule has 6 heterocycles. The fraction of sp³-hybridized carbons (Fsp3) is 0.577. The van der Waals surface area contributed by atoms with Crippen LogP contribution in [0.5, 0.6) is 5.75 Å². The van der Waals surface area contributed by atoms with E-state index in [0.717, 1.165) is 57.8 Å². The molecule has 5 fully saturated rings. The number of likely N-dealkylation sites (tertiary alicyclic amines) is 2. The van der Waals surface area contributed by atoms with Crippen molar-refractivity contribution in [2.24, 2.45) is 22.5 Å². The highest BCUT2D eigenvalue weighted by atomic mass is 35.5. The molecule has 73 heavy (non-hydrogen) atoms. The van der Waals surface area contributed by atoms with E-state index >= 15 is 0 Å². The van der Waals surface area contributed by atoms with Crippen LogP contribution in [0.25, 0.3) is 10.4 Å². The molecule has 4 aromatic rings. The number of carbonyl (C=O) groups is 4. The van der Waals surface area contributed by atoms with E-state index in [-0.39, 0.29) is 61.7 Å². The van der Waals surface area contributed by atoms with E-state index in [2.05, 4.69) is 42.7 Å². The van der Waals surface area contributed by atoms with Crippen molar-refractivity contribution < 1.29 is 33.4 Å². The fourth-order valence-electron chi connectivity index (χ4n) is 10.0. The van der Waals surface area contributed by atoms with Gasteiger partial charge in [0.15, 0.2) is 5.67 Å². The van der Waals surface area contributed by atoms with Crippen LogP contribution in [0.4, 0.5) is 16.0 Å². The summed E-state index contributed by atoms with van der Waals surface area (Å²) >= 11 is 9.84. The normalized spacial score (nSPS) is 23.1. The number of thiazole rings is 1. The van der Waals surface area contributed by atoms with Gasteiger partial charge in [0.25, 0.3) is 5.91 Å². The molecular formula is C52H67ClFN11O6S2. The summed E-state index contributed by atoms with van der Waals surface area (Å²) in [6.45, 7) is 13.0. The lowest BCUT2D eigenvalue weighted by atomic mass is 9.79. The zero-order chi connectivity index (χ0) is 51.8. The molecule has 1 aromatic carbocycles. The first-order chi connectivity index (χ1) is 34.8. The molecule has 0 unspecified atom stereocenters. The monoisotopic (exact) mass is 1060 g/mol. The molecule has 392 valence electrons. The van der Waals surface area contributed by atoms with Gasteiger partial charge in [-0.2, -0.15) is 0 Å². The first-order valence-electron chi connectivity index (χ1n) is 25.4. The molecule has 2 aliphatic carbocycles. The zero-order valence-corrected chi connectivity index (χ0v) is 44.6. The number of aryl methyl sites for hydroxylation is 1. The SMILES string of the molecule is Cc1ncsc1-c1ccc(CNC(=O)[C@@H]2C[C@@H](O)CN2C(=O)[C@@H](NC(=O)C2(F)CC2)C(C)(C)C)c(OC2CCN(C(=O)C3CC(Nc4nccc(Sc5cnc(N6CCC(C)(CN)CC6)cn5)c4Cl)C3)CC2)c1. The Labute approximate surface area is 439 Å². The lowest BCUT2D eigenvalue weighted by Gasteiger charge is -2.40. The maximum atomic E-state index is 14.7. The van der Waals surface area contributed by atoms with Crippen LogP contribution in [0.1, 0.15) is 96.7 Å². The number of hydrogen-bond acceptors (Lipinski definition) is 15. The molecular weight excluding hydrogens is 993 g/mol. The van der Waals surface area contributed by atoms with Gasteiger partial charge >= 0.3 is 0 Å². The van der Waals surface area contributed by atoms with Gasteiger partial charge in [-0.15, -0.1) is 11.3 Å². The highest BCUT2D eigenvalue weighted by molar-refractivity contribution is 7.99. The molecule has 9 rings (SSSR count). The van der Waals surface area contributed by atoms with Gasteiger partial charge in [0.2, 0.25) is 17.7 Å². The van der Waals surface area contributed by atoms with Crippen molar-refractivity contribution in [1.82, 2.24) is 40.4 Å². The van der Waals surface area contributed by atoms with E-state index in [0.29, 0.717) is 67.5 Å². The molecule has 3 atom stereocenters. The second-order valence-electron chi connectivity index (χ2n) is 21.9. The summed E-state index contributed by atoms with van der Waals surface area (Å²) in [7, 11) is 0. The fourth-order valence-corrected chi connectivity index (χ4v) is 11.9. The minimum Gasteiger partial charge on any atom is -0.490 e. The predicted octanol–water partition coefficient (Wildman–Crippen LogP) is 6.54. The van der Waals surface area contributed by atoms with Crippen LogP contribution in [-0.2, 0) is 25.7 Å². The Kier molecular flexibility index (Phi) is 15.6. The van der Waals surface area contributed by atoms with Crippen LogP contribution in [0, 0.1) is 23.7 Å². The Hall–Kier alpha value is -5.15. The standard InChI is InChI=1S/C52H67ClFN11O6S2/c1-30-43(72-29-60-30)31-6-7-32(24-59-46(67)37-23-35(66)27-65(37)48(69)44(50(2,3)4)62-49(70)52(54)11-12-52)38(22-31)71-36-9-16-64(17-10-36)47(68)33-20-34(21-33)61-45-42(53)39(8-15-56-45)73-41-26-57-40(25-58-41)63-18-13-51(5,28-55)14-19-63/h6-8,15,22,25-26,29,33-37,44,66H,9-14,16-21,23-24,27-28,55H2,1-5H3,(H,56,61)(H,59,67)(H,62,70)/t33?,34?,35-,37+,44-/m1/s1.